The zero-order valence-electron chi connectivity index (χ0n) is 21.3. The van der Waals surface area contributed by atoms with Gasteiger partial charge in [-0.1, -0.05) is 6.58 Å². The van der Waals surface area contributed by atoms with Crippen molar-refractivity contribution < 1.29 is 42.8 Å². The lowest BCUT2D eigenvalue weighted by Gasteiger charge is -2.10. The number of carbonyl (C=O) groups excluding carboxylic acids is 3. The Balaban J connectivity index is 1.81. The van der Waals surface area contributed by atoms with Crippen LogP contribution in [0.25, 0.3) is 6.08 Å². The molecule has 0 radical (unpaired) electrons. The van der Waals surface area contributed by atoms with E-state index < -0.39 is 17.9 Å². The lowest BCUT2D eigenvalue weighted by molar-refractivity contribution is -0.140. The number of hydrogen-bond donors (Lipinski definition) is 0. The van der Waals surface area contributed by atoms with Gasteiger partial charge in [-0.2, -0.15) is 5.26 Å². The van der Waals surface area contributed by atoms with Crippen LogP contribution in [-0.2, 0) is 23.8 Å². The van der Waals surface area contributed by atoms with Crippen LogP contribution < -0.4 is 14.2 Å². The summed E-state index contributed by atoms with van der Waals surface area (Å²) in [6, 6.07) is 13.0. The number of ether oxygens (including phenoxy) is 6. The van der Waals surface area contributed by atoms with Crippen LogP contribution in [0.4, 0.5) is 0 Å². The molecule has 0 amide bonds. The van der Waals surface area contributed by atoms with Crippen LogP contribution in [0.1, 0.15) is 29.3 Å². The lowest BCUT2D eigenvalue weighted by atomic mass is 10.1. The molecule has 38 heavy (non-hydrogen) atoms. The molecule has 2 aromatic carbocycles. The van der Waals surface area contributed by atoms with E-state index in [0.29, 0.717) is 34.8 Å². The normalized spacial score (nSPS) is 10.3. The number of nitrogens with zero attached hydrogens (tertiary/aromatic N) is 1. The molecule has 0 saturated carbocycles. The standard InChI is InChI=1S/C28H29NO9/c1-20(2)27(31)37-18-16-34-15-17-35-23-9-6-22(7-10-23)28(32)38-24-11-5-21(25(19-24)33-3)8-12-26(30)36-14-4-13-29/h5-12,19H,1,4,14-18H2,2-3H3/b12-8+. The van der Waals surface area contributed by atoms with Gasteiger partial charge in [-0.05, 0) is 49.4 Å². The van der Waals surface area contributed by atoms with E-state index in [1.54, 1.807) is 43.3 Å². The summed E-state index contributed by atoms with van der Waals surface area (Å²) < 4.78 is 31.4. The summed E-state index contributed by atoms with van der Waals surface area (Å²) in [4.78, 5) is 35.5. The number of esters is 3. The molecule has 10 nitrogen and oxygen atoms in total. The topological polar surface area (TPSA) is 130 Å². The number of rotatable bonds is 15. The minimum Gasteiger partial charge on any atom is -0.496 e. The van der Waals surface area contributed by atoms with Gasteiger partial charge in [0.05, 0.1) is 38.4 Å². The molecule has 0 spiro atoms. The van der Waals surface area contributed by atoms with Gasteiger partial charge in [0.25, 0.3) is 0 Å². The highest BCUT2D eigenvalue weighted by Gasteiger charge is 2.11. The molecule has 0 aliphatic carbocycles. The Morgan fingerprint density at radius 1 is 0.947 bits per heavy atom. The second kappa shape index (κ2) is 16.2. The highest BCUT2D eigenvalue weighted by Crippen LogP contribution is 2.26. The molecule has 0 atom stereocenters. The van der Waals surface area contributed by atoms with Gasteiger partial charge in [0.15, 0.2) is 0 Å². The maximum Gasteiger partial charge on any atom is 0.343 e. The summed E-state index contributed by atoms with van der Waals surface area (Å²) in [5.41, 5.74) is 1.22. The van der Waals surface area contributed by atoms with E-state index in [4.69, 9.17) is 33.7 Å². The third-order valence-corrected chi connectivity index (χ3v) is 4.67. The molecule has 0 unspecified atom stereocenters. The van der Waals surface area contributed by atoms with E-state index in [-0.39, 0.29) is 38.6 Å². The van der Waals surface area contributed by atoms with E-state index in [1.165, 1.54) is 25.3 Å². The van der Waals surface area contributed by atoms with E-state index in [2.05, 4.69) is 6.58 Å². The van der Waals surface area contributed by atoms with Crippen LogP contribution in [0.3, 0.4) is 0 Å². The van der Waals surface area contributed by atoms with Gasteiger partial charge in [0.2, 0.25) is 0 Å². The molecule has 2 aromatic rings. The van der Waals surface area contributed by atoms with Crippen LogP contribution in [0.15, 0.2) is 60.7 Å². The van der Waals surface area contributed by atoms with E-state index in [0.717, 1.165) is 0 Å². The molecule has 0 bridgehead atoms. The molecule has 0 N–H and O–H groups in total. The van der Waals surface area contributed by atoms with Gasteiger partial charge in [-0.25, -0.2) is 14.4 Å². The average Bonchev–Trinajstić information content (AvgIpc) is 2.91. The number of methoxy groups -OCH3 is 1. The van der Waals surface area contributed by atoms with Crippen molar-refractivity contribution >= 4 is 24.0 Å². The second-order valence-electron chi connectivity index (χ2n) is 7.60. The summed E-state index contributed by atoms with van der Waals surface area (Å²) in [5, 5.41) is 8.48. The molecular weight excluding hydrogens is 494 g/mol. The minimum atomic E-state index is -0.584. The first kappa shape index (κ1) is 29.6. The Hall–Kier alpha value is -4.62. The van der Waals surface area contributed by atoms with Crippen molar-refractivity contribution in [1.82, 2.24) is 0 Å². The highest BCUT2D eigenvalue weighted by molar-refractivity contribution is 5.91. The Morgan fingerprint density at radius 2 is 1.66 bits per heavy atom. The zero-order chi connectivity index (χ0) is 27.8. The summed E-state index contributed by atoms with van der Waals surface area (Å²) in [5.74, 6) is -0.429. The SMILES string of the molecule is C=C(C)C(=O)OCCOCCOc1ccc(C(=O)Oc2ccc(/C=C/C(=O)OCCC#N)c(OC)c2)cc1. The van der Waals surface area contributed by atoms with E-state index >= 15 is 0 Å². The monoisotopic (exact) mass is 523 g/mol. The molecule has 0 aromatic heterocycles. The number of benzene rings is 2. The number of hydrogen-bond acceptors (Lipinski definition) is 10. The van der Waals surface area contributed by atoms with Crippen molar-refractivity contribution in [1.29, 1.82) is 5.26 Å². The number of nitriles is 1. The average molecular weight is 524 g/mol. The van der Waals surface area contributed by atoms with Crippen molar-refractivity contribution in [3.63, 3.8) is 0 Å². The molecular formula is C28H29NO9. The van der Waals surface area contributed by atoms with E-state index in [9.17, 15) is 14.4 Å². The molecule has 0 fully saturated rings. The van der Waals surface area contributed by atoms with Gasteiger partial charge in [0.1, 0.15) is 37.1 Å². The Bertz CT molecular complexity index is 1180. The minimum absolute atomic E-state index is 0.0175. The van der Waals surface area contributed by atoms with Gasteiger partial charge in [-0.15, -0.1) is 0 Å². The predicted octanol–water partition coefficient (Wildman–Crippen LogP) is 3.90. The second-order valence-corrected chi connectivity index (χ2v) is 7.60. The molecule has 2 rings (SSSR count). The summed E-state index contributed by atoms with van der Waals surface area (Å²) in [6.45, 7) is 6.02. The van der Waals surface area contributed by atoms with Crippen LogP contribution in [0.2, 0.25) is 0 Å². The van der Waals surface area contributed by atoms with Gasteiger partial charge < -0.3 is 28.4 Å². The molecule has 0 aliphatic rings. The molecule has 0 aliphatic heterocycles. The Morgan fingerprint density at radius 3 is 2.34 bits per heavy atom. The van der Waals surface area contributed by atoms with Gasteiger partial charge in [-0.3, -0.25) is 0 Å². The first-order valence-corrected chi connectivity index (χ1v) is 11.6. The van der Waals surface area contributed by atoms with Crippen LogP contribution in [-0.4, -0.2) is 58.1 Å². The van der Waals surface area contributed by atoms with Gasteiger partial charge >= 0.3 is 17.9 Å². The third-order valence-electron chi connectivity index (χ3n) is 4.67. The summed E-state index contributed by atoms with van der Waals surface area (Å²) >= 11 is 0. The quantitative estimate of drug-likeness (QED) is 0.147. The van der Waals surface area contributed by atoms with Crippen molar-refractivity contribution in [2.24, 2.45) is 0 Å². The fourth-order valence-corrected chi connectivity index (χ4v) is 2.79. The Kier molecular flexibility index (Phi) is 12.6. The van der Waals surface area contributed by atoms with Gasteiger partial charge in [0, 0.05) is 23.3 Å². The fourth-order valence-electron chi connectivity index (χ4n) is 2.79. The summed E-state index contributed by atoms with van der Waals surface area (Å²) in [6.07, 6.45) is 2.84. The molecule has 0 saturated heterocycles. The predicted molar refractivity (Wildman–Crippen MR) is 137 cm³/mol. The first-order chi connectivity index (χ1) is 18.3. The van der Waals surface area contributed by atoms with E-state index in [1.807, 2.05) is 6.07 Å². The maximum absolute atomic E-state index is 12.5. The Labute approximate surface area is 221 Å². The number of carbonyl (C=O) groups is 3. The fraction of sp³-hybridized carbons (Fsp3) is 0.286. The van der Waals surface area contributed by atoms with Crippen LogP contribution in [0, 0.1) is 11.3 Å². The largest absolute Gasteiger partial charge is 0.496 e. The first-order valence-electron chi connectivity index (χ1n) is 11.6. The smallest absolute Gasteiger partial charge is 0.343 e. The third kappa shape index (κ3) is 10.6. The summed E-state index contributed by atoms with van der Waals surface area (Å²) in [7, 11) is 1.45. The van der Waals surface area contributed by atoms with Crippen LogP contribution in [0.5, 0.6) is 17.2 Å². The molecule has 200 valence electrons. The van der Waals surface area contributed by atoms with Crippen molar-refractivity contribution in [2.75, 3.05) is 40.1 Å². The van der Waals surface area contributed by atoms with Crippen LogP contribution >= 0.6 is 0 Å². The molecule has 0 heterocycles. The molecule has 10 heteroatoms. The van der Waals surface area contributed by atoms with Crippen molar-refractivity contribution in [3.8, 4) is 23.3 Å². The zero-order valence-corrected chi connectivity index (χ0v) is 21.3. The highest BCUT2D eigenvalue weighted by atomic mass is 16.6. The maximum atomic E-state index is 12.5. The van der Waals surface area contributed by atoms with Crippen molar-refractivity contribution in [2.45, 2.75) is 13.3 Å². The lowest BCUT2D eigenvalue weighted by Crippen LogP contribution is -2.14. The van der Waals surface area contributed by atoms with Crippen molar-refractivity contribution in [3.05, 3.63) is 71.8 Å².